The molecule has 0 saturated heterocycles. The predicted molar refractivity (Wildman–Crippen MR) is 96.7 cm³/mol. The lowest BCUT2D eigenvalue weighted by molar-refractivity contribution is -0.308. The molecule has 1 atom stereocenters. The highest BCUT2D eigenvalue weighted by molar-refractivity contribution is 5.81. The number of carboxylic acids is 1. The first-order valence-electron chi connectivity index (χ1n) is 9.24. The number of carboxylic acid groups (broad SMARTS) is 1. The Bertz CT molecular complexity index is 902. The summed E-state index contributed by atoms with van der Waals surface area (Å²) in [4.78, 5) is 36.3. The van der Waals surface area contributed by atoms with Gasteiger partial charge in [-0.1, -0.05) is 36.6 Å². The third-order valence-electron chi connectivity index (χ3n) is 5.41. The summed E-state index contributed by atoms with van der Waals surface area (Å²) in [5.41, 5.74) is -0.390. The zero-order valence-electron chi connectivity index (χ0n) is 15.3. The average molecular weight is 371 g/mol. The number of carbonyl (C=O) groups is 2. The van der Waals surface area contributed by atoms with E-state index >= 15 is 0 Å². The molecule has 1 aromatic carbocycles. The fraction of sp³-hybridized carbons (Fsp3) is 0.526. The molecule has 0 unspecified atom stereocenters. The topological polar surface area (TPSA) is 117 Å². The van der Waals surface area contributed by atoms with Crippen molar-refractivity contribution in [2.24, 2.45) is 5.41 Å². The summed E-state index contributed by atoms with van der Waals surface area (Å²) in [6.45, 7) is 1.83. The molecule has 1 N–H and O–H groups in total. The molecule has 0 radical (unpaired) electrons. The number of nitrogens with one attached hydrogen (secondary N) is 1. The second-order valence-corrected chi connectivity index (χ2v) is 7.36. The predicted octanol–water partition coefficient (Wildman–Crippen LogP) is 0.559. The number of carbonyl (C=O) groups excluding carboxylic acids is 2. The number of hydrogen-bond donors (Lipinski definition) is 1. The number of rotatable bonds is 6. The van der Waals surface area contributed by atoms with Gasteiger partial charge in [0.25, 0.3) is 5.56 Å². The van der Waals surface area contributed by atoms with E-state index in [4.69, 9.17) is 0 Å². The van der Waals surface area contributed by atoms with Crippen LogP contribution in [0.1, 0.15) is 51.5 Å². The monoisotopic (exact) mass is 371 g/mol. The van der Waals surface area contributed by atoms with Crippen LogP contribution in [0.4, 0.5) is 0 Å². The molecule has 1 aliphatic carbocycles. The highest BCUT2D eigenvalue weighted by Gasteiger charge is 2.33. The van der Waals surface area contributed by atoms with Crippen molar-refractivity contribution in [2.45, 2.75) is 51.5 Å². The molecule has 144 valence electrons. The van der Waals surface area contributed by atoms with Crippen LogP contribution in [0.2, 0.25) is 0 Å². The van der Waals surface area contributed by atoms with Crippen LogP contribution in [-0.4, -0.2) is 33.4 Å². The Balaban J connectivity index is 1.74. The van der Waals surface area contributed by atoms with Crippen LogP contribution < -0.4 is 16.0 Å². The van der Waals surface area contributed by atoms with E-state index in [0.717, 1.165) is 36.8 Å². The van der Waals surface area contributed by atoms with Gasteiger partial charge in [-0.15, -0.1) is 5.10 Å². The molecule has 1 aromatic heterocycles. The van der Waals surface area contributed by atoms with Gasteiger partial charge >= 0.3 is 0 Å². The van der Waals surface area contributed by atoms with Crippen LogP contribution in [0.25, 0.3) is 10.9 Å². The van der Waals surface area contributed by atoms with Gasteiger partial charge in [0.15, 0.2) is 0 Å². The Morgan fingerprint density at radius 1 is 1.26 bits per heavy atom. The molecule has 2 aromatic rings. The van der Waals surface area contributed by atoms with Crippen molar-refractivity contribution in [1.29, 1.82) is 0 Å². The minimum absolute atomic E-state index is 0.0720. The molecule has 8 nitrogen and oxygen atoms in total. The summed E-state index contributed by atoms with van der Waals surface area (Å²) in [5, 5.41) is 22.2. The van der Waals surface area contributed by atoms with Crippen molar-refractivity contribution >= 4 is 22.8 Å². The van der Waals surface area contributed by atoms with Gasteiger partial charge < -0.3 is 15.2 Å². The molecular formula is C19H23N4O4-. The lowest BCUT2D eigenvalue weighted by Crippen LogP contribution is -2.45. The number of fused-ring (bicyclic) bond motifs is 1. The number of benzene rings is 1. The second-order valence-electron chi connectivity index (χ2n) is 7.36. The molecule has 1 amide bonds. The molecule has 1 saturated carbocycles. The van der Waals surface area contributed by atoms with E-state index in [2.05, 4.69) is 15.6 Å². The molecular weight excluding hydrogens is 348 g/mol. The molecule has 1 aliphatic rings. The van der Waals surface area contributed by atoms with Crippen LogP contribution in [-0.2, 0) is 9.59 Å². The summed E-state index contributed by atoms with van der Waals surface area (Å²) in [6.07, 6.45) is 4.36. The summed E-state index contributed by atoms with van der Waals surface area (Å²) >= 11 is 0. The lowest BCUT2D eigenvalue weighted by Gasteiger charge is -2.38. The minimum Gasteiger partial charge on any atom is -0.550 e. The second kappa shape index (κ2) is 7.85. The molecule has 0 aliphatic heterocycles. The summed E-state index contributed by atoms with van der Waals surface area (Å²) < 4.78 is 1.06. The van der Waals surface area contributed by atoms with Crippen molar-refractivity contribution in [3.8, 4) is 0 Å². The SMILES string of the molecule is C[C@H](C(=O)NCC1(CC(=O)[O-])CCCCC1)n1nnc2ccccc2c1=O. The van der Waals surface area contributed by atoms with Gasteiger partial charge in [-0.3, -0.25) is 9.59 Å². The third kappa shape index (κ3) is 4.15. The van der Waals surface area contributed by atoms with E-state index in [-0.39, 0.29) is 24.4 Å². The highest BCUT2D eigenvalue weighted by Crippen LogP contribution is 2.38. The Kier molecular flexibility index (Phi) is 5.53. The van der Waals surface area contributed by atoms with E-state index in [0.29, 0.717) is 10.9 Å². The van der Waals surface area contributed by atoms with Crippen LogP contribution in [0.3, 0.4) is 0 Å². The quantitative estimate of drug-likeness (QED) is 0.793. The molecule has 0 spiro atoms. The third-order valence-corrected chi connectivity index (χ3v) is 5.41. The van der Waals surface area contributed by atoms with E-state index < -0.39 is 17.4 Å². The van der Waals surface area contributed by atoms with E-state index in [1.807, 2.05) is 0 Å². The Labute approximate surface area is 156 Å². The maximum atomic E-state index is 12.6. The molecule has 3 rings (SSSR count). The van der Waals surface area contributed by atoms with Crippen LogP contribution in [0.5, 0.6) is 0 Å². The summed E-state index contributed by atoms with van der Waals surface area (Å²) in [5.74, 6) is -1.49. The van der Waals surface area contributed by atoms with Gasteiger partial charge in [0.1, 0.15) is 11.6 Å². The van der Waals surface area contributed by atoms with Crippen molar-refractivity contribution in [3.63, 3.8) is 0 Å². The van der Waals surface area contributed by atoms with Crippen molar-refractivity contribution < 1.29 is 14.7 Å². The minimum atomic E-state index is -1.10. The molecule has 8 heteroatoms. The number of hydrogen-bond acceptors (Lipinski definition) is 6. The van der Waals surface area contributed by atoms with Gasteiger partial charge in [-0.05, 0) is 43.7 Å². The van der Waals surface area contributed by atoms with Crippen molar-refractivity contribution in [1.82, 2.24) is 20.3 Å². The average Bonchev–Trinajstić information content (AvgIpc) is 2.66. The molecule has 1 heterocycles. The van der Waals surface area contributed by atoms with E-state index in [1.54, 1.807) is 31.2 Å². The smallest absolute Gasteiger partial charge is 0.278 e. The fourth-order valence-electron chi connectivity index (χ4n) is 3.81. The lowest BCUT2D eigenvalue weighted by atomic mass is 9.71. The Hall–Kier alpha value is -2.77. The first-order chi connectivity index (χ1) is 12.9. The molecule has 1 fully saturated rings. The first-order valence-corrected chi connectivity index (χ1v) is 9.24. The maximum Gasteiger partial charge on any atom is 0.278 e. The van der Waals surface area contributed by atoms with Crippen LogP contribution >= 0.6 is 0 Å². The van der Waals surface area contributed by atoms with Crippen LogP contribution in [0.15, 0.2) is 29.1 Å². The normalized spacial score (nSPS) is 17.4. The number of amides is 1. The zero-order chi connectivity index (χ0) is 19.4. The molecule has 0 bridgehead atoms. The summed E-state index contributed by atoms with van der Waals surface area (Å²) in [6, 6.07) is 5.97. The van der Waals surface area contributed by atoms with Gasteiger partial charge in [0.2, 0.25) is 5.91 Å². The van der Waals surface area contributed by atoms with Crippen LogP contribution in [0, 0.1) is 5.41 Å². The Morgan fingerprint density at radius 2 is 1.96 bits per heavy atom. The number of aromatic nitrogens is 3. The van der Waals surface area contributed by atoms with Gasteiger partial charge in [-0.2, -0.15) is 4.68 Å². The van der Waals surface area contributed by atoms with Crippen molar-refractivity contribution in [2.75, 3.05) is 6.54 Å². The standard InChI is InChI=1S/C19H24N4O4/c1-13(23-18(27)14-7-3-4-8-15(14)21-22-23)17(26)20-12-19(11-16(24)25)9-5-2-6-10-19/h3-4,7-8,13H,2,5-6,9-12H2,1H3,(H,20,26)(H,24,25)/p-1/t13-/m1/s1. The van der Waals surface area contributed by atoms with Crippen molar-refractivity contribution in [3.05, 3.63) is 34.6 Å². The van der Waals surface area contributed by atoms with Gasteiger partial charge in [-0.25, -0.2) is 0 Å². The molecule has 27 heavy (non-hydrogen) atoms. The largest absolute Gasteiger partial charge is 0.550 e. The highest BCUT2D eigenvalue weighted by atomic mass is 16.4. The number of nitrogens with zero attached hydrogens (tertiary/aromatic N) is 3. The van der Waals surface area contributed by atoms with Gasteiger partial charge in [0.05, 0.1) is 5.39 Å². The Morgan fingerprint density at radius 3 is 2.67 bits per heavy atom. The first kappa shape index (κ1) is 19.0. The van der Waals surface area contributed by atoms with E-state index in [1.165, 1.54) is 0 Å². The van der Waals surface area contributed by atoms with Gasteiger partial charge in [0, 0.05) is 12.5 Å². The zero-order valence-corrected chi connectivity index (χ0v) is 15.3. The summed E-state index contributed by atoms with van der Waals surface area (Å²) in [7, 11) is 0. The number of aliphatic carboxylic acids is 1. The maximum absolute atomic E-state index is 12.6. The fourth-order valence-corrected chi connectivity index (χ4v) is 3.81. The van der Waals surface area contributed by atoms with E-state index in [9.17, 15) is 19.5 Å².